The molecule has 0 spiro atoms. The normalized spacial score (nSPS) is 10.8. The van der Waals surface area contributed by atoms with Crippen molar-refractivity contribution in [3.8, 4) is 0 Å². The fourth-order valence-electron chi connectivity index (χ4n) is 0.118. The Bertz CT molecular complexity index is 105. The summed E-state index contributed by atoms with van der Waals surface area (Å²) >= 11 is 4.79. The molecule has 0 heterocycles. The Morgan fingerprint density at radius 2 is 1.91 bits per heavy atom. The number of aliphatic hydroxyl groups is 1. The van der Waals surface area contributed by atoms with Crippen molar-refractivity contribution in [2.24, 2.45) is 5.73 Å². The van der Waals surface area contributed by atoms with Crippen LogP contribution in [-0.4, -0.2) is 7.04 Å². The first-order valence-electron chi connectivity index (χ1n) is 3.46. The number of halogens is 2. The van der Waals surface area contributed by atoms with Crippen LogP contribution in [0.2, 0.25) is 0 Å². The lowest BCUT2D eigenvalue weighted by atomic mass is 10.4. The van der Waals surface area contributed by atoms with Crippen LogP contribution in [0, 0.1) is 0 Å². The van der Waals surface area contributed by atoms with E-state index in [4.69, 9.17) is 10.8 Å². The van der Waals surface area contributed by atoms with E-state index in [0.29, 0.717) is 6.42 Å². The fourth-order valence-corrected chi connectivity index (χ4v) is 0.118. The SMILES string of the molecule is CC/C(O)=C/N.CCC(I)I. The highest BCUT2D eigenvalue weighted by atomic mass is 127. The standard InChI is InChI=1S/C4H9NO.C3H6I2/c1-2-4(6)3-5;1-2-3(4)5/h3,6H,2,5H2,1H3;3H,2H2,1H3/b4-3-;. The summed E-state index contributed by atoms with van der Waals surface area (Å²) in [5.41, 5.74) is 4.87. The van der Waals surface area contributed by atoms with E-state index in [1.807, 2.05) is 6.92 Å². The maximum absolute atomic E-state index is 8.40. The van der Waals surface area contributed by atoms with Crippen LogP contribution >= 0.6 is 45.2 Å². The summed E-state index contributed by atoms with van der Waals surface area (Å²) in [7, 11) is 0. The molecular weight excluding hydrogens is 368 g/mol. The van der Waals surface area contributed by atoms with Crippen LogP contribution in [0.3, 0.4) is 0 Å². The molecule has 0 fully saturated rings. The lowest BCUT2D eigenvalue weighted by Gasteiger charge is -1.85. The molecule has 68 valence electrons. The Morgan fingerprint density at radius 1 is 1.55 bits per heavy atom. The zero-order valence-corrected chi connectivity index (χ0v) is 11.2. The summed E-state index contributed by atoms with van der Waals surface area (Å²) in [6.07, 6.45) is 3.09. The van der Waals surface area contributed by atoms with E-state index in [1.54, 1.807) is 0 Å². The van der Waals surface area contributed by atoms with Crippen LogP contribution in [0.25, 0.3) is 0 Å². The van der Waals surface area contributed by atoms with Gasteiger partial charge < -0.3 is 10.8 Å². The van der Waals surface area contributed by atoms with Crippen molar-refractivity contribution in [3.05, 3.63) is 12.0 Å². The zero-order valence-electron chi connectivity index (χ0n) is 6.85. The third kappa shape index (κ3) is 18.1. The van der Waals surface area contributed by atoms with E-state index in [2.05, 4.69) is 52.1 Å². The van der Waals surface area contributed by atoms with Gasteiger partial charge in [0.15, 0.2) is 0 Å². The molecule has 0 amide bonds. The lowest BCUT2D eigenvalue weighted by molar-refractivity contribution is 0.393. The first-order chi connectivity index (χ1) is 5.08. The largest absolute Gasteiger partial charge is 0.511 e. The van der Waals surface area contributed by atoms with Gasteiger partial charge in [0.2, 0.25) is 0 Å². The highest BCUT2D eigenvalue weighted by Gasteiger charge is 1.85. The lowest BCUT2D eigenvalue weighted by Crippen LogP contribution is -1.83. The van der Waals surface area contributed by atoms with Gasteiger partial charge in [-0.25, -0.2) is 0 Å². The Labute approximate surface area is 95.9 Å². The van der Waals surface area contributed by atoms with Gasteiger partial charge in [-0.2, -0.15) is 0 Å². The average Bonchev–Trinajstić information content (AvgIpc) is 2.04. The first kappa shape index (κ1) is 14.3. The Hall–Kier alpha value is 0.800. The van der Waals surface area contributed by atoms with Crippen LogP contribution in [0.4, 0.5) is 0 Å². The predicted octanol–water partition coefficient (Wildman–Crippen LogP) is 3.35. The van der Waals surface area contributed by atoms with E-state index in [1.165, 1.54) is 12.6 Å². The maximum atomic E-state index is 8.40. The number of alkyl halides is 2. The molecule has 3 N–H and O–H groups in total. The van der Waals surface area contributed by atoms with Gasteiger partial charge in [0, 0.05) is 12.6 Å². The molecule has 0 rings (SSSR count). The number of nitrogens with two attached hydrogens (primary N) is 1. The maximum Gasteiger partial charge on any atom is 0.107 e. The minimum absolute atomic E-state index is 0.245. The molecule has 0 aliphatic carbocycles. The van der Waals surface area contributed by atoms with E-state index in [-0.39, 0.29) is 5.76 Å². The van der Waals surface area contributed by atoms with Crippen molar-refractivity contribution in [1.29, 1.82) is 0 Å². The number of hydrogen-bond donors (Lipinski definition) is 2. The van der Waals surface area contributed by atoms with E-state index in [9.17, 15) is 0 Å². The summed E-state index contributed by atoms with van der Waals surface area (Å²) in [5.74, 6) is 0.245. The predicted molar refractivity (Wildman–Crippen MR) is 67.3 cm³/mol. The summed E-state index contributed by atoms with van der Waals surface area (Å²) < 4.78 is 0.824. The highest BCUT2D eigenvalue weighted by Crippen LogP contribution is 2.11. The van der Waals surface area contributed by atoms with Crippen molar-refractivity contribution in [1.82, 2.24) is 0 Å². The third-order valence-electron chi connectivity index (χ3n) is 0.863. The molecular formula is C7H15I2NO. The Kier molecular flexibility index (Phi) is 14.1. The van der Waals surface area contributed by atoms with Gasteiger partial charge >= 0.3 is 0 Å². The molecule has 2 nitrogen and oxygen atoms in total. The van der Waals surface area contributed by atoms with Gasteiger partial charge in [-0.05, 0) is 6.42 Å². The van der Waals surface area contributed by atoms with Crippen molar-refractivity contribution in [2.75, 3.05) is 0 Å². The monoisotopic (exact) mass is 383 g/mol. The number of rotatable bonds is 2. The molecule has 0 aliphatic heterocycles. The molecule has 0 unspecified atom stereocenters. The molecule has 0 atom stereocenters. The van der Waals surface area contributed by atoms with Crippen molar-refractivity contribution >= 4 is 45.2 Å². The van der Waals surface area contributed by atoms with Gasteiger partial charge in [-0.1, -0.05) is 59.0 Å². The fraction of sp³-hybridized carbons (Fsp3) is 0.714. The van der Waals surface area contributed by atoms with E-state index < -0.39 is 0 Å². The highest BCUT2D eigenvalue weighted by molar-refractivity contribution is 14.2. The summed E-state index contributed by atoms with van der Waals surface area (Å²) in [5, 5.41) is 8.40. The van der Waals surface area contributed by atoms with Crippen LogP contribution in [0.1, 0.15) is 26.7 Å². The Balaban J connectivity index is 0. The van der Waals surface area contributed by atoms with Gasteiger partial charge in [-0.3, -0.25) is 0 Å². The van der Waals surface area contributed by atoms with Crippen molar-refractivity contribution < 1.29 is 5.11 Å². The molecule has 0 saturated heterocycles. The third-order valence-corrected chi connectivity index (χ3v) is 2.62. The Morgan fingerprint density at radius 3 is 1.91 bits per heavy atom. The van der Waals surface area contributed by atoms with Crippen LogP contribution in [0.15, 0.2) is 12.0 Å². The second kappa shape index (κ2) is 10.8. The van der Waals surface area contributed by atoms with Gasteiger partial charge in [0.25, 0.3) is 0 Å². The summed E-state index contributed by atoms with van der Waals surface area (Å²) in [4.78, 5) is 0. The number of hydrogen-bond acceptors (Lipinski definition) is 2. The molecule has 0 aromatic rings. The van der Waals surface area contributed by atoms with Crippen molar-refractivity contribution in [2.45, 2.75) is 28.6 Å². The topological polar surface area (TPSA) is 46.2 Å². The van der Waals surface area contributed by atoms with Crippen molar-refractivity contribution in [3.63, 3.8) is 0 Å². The zero-order chi connectivity index (χ0) is 9.28. The molecule has 0 aliphatic rings. The average molecular weight is 383 g/mol. The quantitative estimate of drug-likeness (QED) is 0.437. The van der Waals surface area contributed by atoms with Crippen LogP contribution in [0.5, 0.6) is 0 Å². The molecule has 0 aromatic heterocycles. The number of aliphatic hydroxyl groups excluding tert-OH is 1. The van der Waals surface area contributed by atoms with Crippen LogP contribution in [-0.2, 0) is 0 Å². The second-order valence-corrected chi connectivity index (χ2v) is 7.20. The van der Waals surface area contributed by atoms with Gasteiger partial charge in [0.1, 0.15) is 5.76 Å². The molecule has 0 radical (unpaired) electrons. The smallest absolute Gasteiger partial charge is 0.107 e. The van der Waals surface area contributed by atoms with Gasteiger partial charge in [0.05, 0.1) is 1.93 Å². The summed E-state index contributed by atoms with van der Waals surface area (Å²) in [6.45, 7) is 4.02. The molecule has 4 heteroatoms. The number of allylic oxidation sites excluding steroid dienone is 1. The minimum atomic E-state index is 0.245. The first-order valence-corrected chi connectivity index (χ1v) is 5.95. The molecule has 0 bridgehead atoms. The second-order valence-electron chi connectivity index (χ2n) is 1.81. The van der Waals surface area contributed by atoms with E-state index in [0.717, 1.165) is 1.93 Å². The molecule has 0 aromatic carbocycles. The molecule has 11 heavy (non-hydrogen) atoms. The van der Waals surface area contributed by atoms with Crippen LogP contribution < -0.4 is 5.73 Å². The molecule has 0 saturated carbocycles. The summed E-state index contributed by atoms with van der Waals surface area (Å²) in [6, 6.07) is 0. The van der Waals surface area contributed by atoms with Gasteiger partial charge in [-0.15, -0.1) is 0 Å². The minimum Gasteiger partial charge on any atom is -0.511 e. The van der Waals surface area contributed by atoms with E-state index >= 15 is 0 Å².